The molecule has 2 aromatic rings. The Bertz CT molecular complexity index is 879. The van der Waals surface area contributed by atoms with Crippen molar-refractivity contribution in [2.24, 2.45) is 5.92 Å². The summed E-state index contributed by atoms with van der Waals surface area (Å²) in [6.45, 7) is 0. The summed E-state index contributed by atoms with van der Waals surface area (Å²) >= 11 is 0. The zero-order valence-corrected chi connectivity index (χ0v) is 13.7. The van der Waals surface area contributed by atoms with Crippen LogP contribution in [0.1, 0.15) is 43.2 Å². The zero-order chi connectivity index (χ0) is 16.5. The Kier molecular flexibility index (Phi) is 3.97. The Hall–Kier alpha value is -2.36. The first kappa shape index (κ1) is 15.2. The third-order valence-electron chi connectivity index (χ3n) is 5.24. The van der Waals surface area contributed by atoms with Crippen LogP contribution in [0.4, 0.5) is 5.69 Å². The third-order valence-corrected chi connectivity index (χ3v) is 5.24. The molecule has 0 saturated carbocycles. The molecule has 1 aromatic carbocycles. The van der Waals surface area contributed by atoms with Crippen LogP contribution in [0.25, 0.3) is 10.9 Å². The van der Waals surface area contributed by atoms with Crippen LogP contribution in [-0.4, -0.2) is 10.9 Å². The Morgan fingerprint density at radius 1 is 1.12 bits per heavy atom. The second kappa shape index (κ2) is 6.27. The van der Waals surface area contributed by atoms with Crippen LogP contribution in [0.2, 0.25) is 0 Å². The number of carbonyl (C=O) groups is 1. The Labute approximate surface area is 141 Å². The first-order valence-electron chi connectivity index (χ1n) is 8.86. The highest BCUT2D eigenvalue weighted by atomic mass is 16.2. The lowest BCUT2D eigenvalue weighted by atomic mass is 9.90. The molecule has 0 saturated heterocycles. The second-order valence-electron chi connectivity index (χ2n) is 6.85. The number of hydrogen-bond acceptors (Lipinski definition) is 2. The lowest BCUT2D eigenvalue weighted by Crippen LogP contribution is -2.23. The van der Waals surface area contributed by atoms with Crippen molar-refractivity contribution in [3.63, 3.8) is 0 Å². The second-order valence-corrected chi connectivity index (χ2v) is 6.85. The van der Waals surface area contributed by atoms with Crippen molar-refractivity contribution in [3.8, 4) is 0 Å². The highest BCUT2D eigenvalue weighted by molar-refractivity contribution is 5.95. The van der Waals surface area contributed by atoms with Gasteiger partial charge in [0.15, 0.2) is 0 Å². The van der Waals surface area contributed by atoms with Gasteiger partial charge in [0.2, 0.25) is 5.91 Å². The van der Waals surface area contributed by atoms with E-state index in [0.29, 0.717) is 0 Å². The van der Waals surface area contributed by atoms with Crippen molar-refractivity contribution >= 4 is 22.5 Å². The molecule has 0 bridgehead atoms. The van der Waals surface area contributed by atoms with Crippen molar-refractivity contribution in [3.05, 3.63) is 51.8 Å². The molecule has 1 heterocycles. The van der Waals surface area contributed by atoms with Crippen LogP contribution in [-0.2, 0) is 17.6 Å². The molecule has 1 atom stereocenters. The van der Waals surface area contributed by atoms with Crippen molar-refractivity contribution in [1.82, 2.24) is 4.98 Å². The number of carbonyl (C=O) groups excluding carboxylic acids is 1. The van der Waals surface area contributed by atoms with Crippen LogP contribution in [0.5, 0.6) is 0 Å². The van der Waals surface area contributed by atoms with Gasteiger partial charge in [0.05, 0.1) is 5.52 Å². The minimum Gasteiger partial charge on any atom is -0.326 e. The summed E-state index contributed by atoms with van der Waals surface area (Å²) in [6, 6.07) is 5.88. The molecule has 1 aromatic heterocycles. The maximum atomic E-state index is 12.4. The Morgan fingerprint density at radius 3 is 2.75 bits per heavy atom. The number of anilines is 1. The van der Waals surface area contributed by atoms with Gasteiger partial charge in [0.1, 0.15) is 0 Å². The number of aromatic amines is 1. The van der Waals surface area contributed by atoms with E-state index in [1.165, 1.54) is 5.56 Å². The van der Waals surface area contributed by atoms with Gasteiger partial charge in [-0.1, -0.05) is 18.2 Å². The number of benzene rings is 1. The normalized spacial score (nSPS) is 19.9. The van der Waals surface area contributed by atoms with Gasteiger partial charge in [-0.3, -0.25) is 9.59 Å². The summed E-state index contributed by atoms with van der Waals surface area (Å²) in [5.74, 6) is 0.118. The maximum Gasteiger partial charge on any atom is 0.251 e. The lowest BCUT2D eigenvalue weighted by molar-refractivity contribution is -0.120. The summed E-state index contributed by atoms with van der Waals surface area (Å²) in [4.78, 5) is 27.7. The highest BCUT2D eigenvalue weighted by Gasteiger charge is 2.20. The highest BCUT2D eigenvalue weighted by Crippen LogP contribution is 2.28. The number of aromatic nitrogens is 1. The van der Waals surface area contributed by atoms with Crippen molar-refractivity contribution in [2.45, 2.75) is 44.9 Å². The smallest absolute Gasteiger partial charge is 0.251 e. The van der Waals surface area contributed by atoms with Gasteiger partial charge in [-0.05, 0) is 62.6 Å². The van der Waals surface area contributed by atoms with Crippen LogP contribution in [0.3, 0.4) is 0 Å². The molecular weight excluding hydrogens is 300 g/mol. The number of rotatable bonds is 2. The molecule has 0 aliphatic heterocycles. The van der Waals surface area contributed by atoms with Gasteiger partial charge in [0.25, 0.3) is 5.56 Å². The van der Waals surface area contributed by atoms with E-state index in [2.05, 4.69) is 22.5 Å². The SMILES string of the molecule is O=C(Nc1ccc2c3c(c(=O)[nH]c2c1)CCCC3)C1CC=CCC1. The number of amides is 1. The summed E-state index contributed by atoms with van der Waals surface area (Å²) in [6.07, 6.45) is 11.0. The van der Waals surface area contributed by atoms with E-state index < -0.39 is 0 Å². The number of hydrogen-bond donors (Lipinski definition) is 2. The van der Waals surface area contributed by atoms with Crippen molar-refractivity contribution < 1.29 is 4.79 Å². The van der Waals surface area contributed by atoms with Gasteiger partial charge in [-0.15, -0.1) is 0 Å². The predicted octanol–water partition coefficient (Wildman–Crippen LogP) is 3.70. The number of H-pyrrole nitrogens is 1. The molecule has 24 heavy (non-hydrogen) atoms. The Morgan fingerprint density at radius 2 is 1.96 bits per heavy atom. The summed E-state index contributed by atoms with van der Waals surface area (Å²) in [7, 11) is 0. The molecule has 1 unspecified atom stereocenters. The van der Waals surface area contributed by atoms with E-state index >= 15 is 0 Å². The number of aryl methyl sites for hydroxylation is 1. The van der Waals surface area contributed by atoms with Gasteiger partial charge in [0, 0.05) is 22.6 Å². The number of nitrogens with one attached hydrogen (secondary N) is 2. The summed E-state index contributed by atoms with van der Waals surface area (Å²) in [5.41, 5.74) is 3.74. The van der Waals surface area contributed by atoms with E-state index in [-0.39, 0.29) is 17.4 Å². The number of allylic oxidation sites excluding steroid dienone is 2. The van der Waals surface area contributed by atoms with E-state index in [1.807, 2.05) is 18.2 Å². The zero-order valence-electron chi connectivity index (χ0n) is 13.7. The molecule has 124 valence electrons. The molecule has 0 spiro atoms. The minimum atomic E-state index is 0.0260. The first-order chi connectivity index (χ1) is 11.7. The molecule has 4 heteroatoms. The predicted molar refractivity (Wildman–Crippen MR) is 96.3 cm³/mol. The topological polar surface area (TPSA) is 62.0 Å². The molecular formula is C20H22N2O2. The average molecular weight is 322 g/mol. The lowest BCUT2D eigenvalue weighted by Gasteiger charge is -2.19. The fourth-order valence-corrected chi connectivity index (χ4v) is 3.92. The quantitative estimate of drug-likeness (QED) is 0.828. The van der Waals surface area contributed by atoms with Crippen LogP contribution in [0.15, 0.2) is 35.1 Å². The Balaban J connectivity index is 1.65. The first-order valence-corrected chi connectivity index (χ1v) is 8.86. The number of fused-ring (bicyclic) bond motifs is 3. The minimum absolute atomic E-state index is 0.0260. The van der Waals surface area contributed by atoms with Gasteiger partial charge in [-0.25, -0.2) is 0 Å². The number of pyridine rings is 1. The fourth-order valence-electron chi connectivity index (χ4n) is 3.92. The van der Waals surface area contributed by atoms with E-state index in [0.717, 1.165) is 67.1 Å². The summed E-state index contributed by atoms with van der Waals surface area (Å²) in [5, 5.41) is 4.12. The molecule has 4 rings (SSSR count). The standard InChI is InChI=1S/C20H22N2O2/c23-19(13-6-2-1-3-7-13)21-14-10-11-16-15-8-4-5-9-17(15)20(24)22-18(16)12-14/h1-2,10-13H,3-9H2,(H,21,23)(H,22,24). The monoisotopic (exact) mass is 322 g/mol. The molecule has 0 radical (unpaired) electrons. The molecule has 4 nitrogen and oxygen atoms in total. The maximum absolute atomic E-state index is 12.4. The largest absolute Gasteiger partial charge is 0.326 e. The van der Waals surface area contributed by atoms with Crippen LogP contribution in [0, 0.1) is 5.92 Å². The average Bonchev–Trinajstić information content (AvgIpc) is 2.62. The van der Waals surface area contributed by atoms with E-state index in [9.17, 15) is 9.59 Å². The fraction of sp³-hybridized carbons (Fsp3) is 0.400. The molecule has 1 amide bonds. The third kappa shape index (κ3) is 2.77. The van der Waals surface area contributed by atoms with Crippen LogP contribution >= 0.6 is 0 Å². The molecule has 2 aliphatic rings. The van der Waals surface area contributed by atoms with Crippen molar-refractivity contribution in [1.29, 1.82) is 0 Å². The summed E-state index contributed by atoms with van der Waals surface area (Å²) < 4.78 is 0. The van der Waals surface area contributed by atoms with Crippen molar-refractivity contribution in [2.75, 3.05) is 5.32 Å². The van der Waals surface area contributed by atoms with Gasteiger partial charge >= 0.3 is 0 Å². The molecule has 2 N–H and O–H groups in total. The van der Waals surface area contributed by atoms with E-state index in [4.69, 9.17) is 0 Å². The van der Waals surface area contributed by atoms with Gasteiger partial charge in [-0.2, -0.15) is 0 Å². The molecule has 2 aliphatic carbocycles. The van der Waals surface area contributed by atoms with Gasteiger partial charge < -0.3 is 10.3 Å². The van der Waals surface area contributed by atoms with E-state index in [1.54, 1.807) is 0 Å². The molecule has 0 fully saturated rings. The van der Waals surface area contributed by atoms with Crippen LogP contribution < -0.4 is 10.9 Å².